The summed E-state index contributed by atoms with van der Waals surface area (Å²) in [5, 5.41) is 26.9. The number of rotatable bonds is 3. The molecular weight excluding hydrogens is 220 g/mol. The summed E-state index contributed by atoms with van der Waals surface area (Å²) in [5.74, 6) is 0. The molecule has 0 amide bonds. The van der Waals surface area contributed by atoms with Crippen LogP contribution in [-0.4, -0.2) is 46.5 Å². The van der Waals surface area contributed by atoms with E-state index in [0.717, 1.165) is 0 Å². The summed E-state index contributed by atoms with van der Waals surface area (Å²) in [7, 11) is -5.14. The van der Waals surface area contributed by atoms with Crippen molar-refractivity contribution in [2.24, 2.45) is 0 Å². The van der Waals surface area contributed by atoms with Crippen molar-refractivity contribution in [2.45, 2.75) is 24.6 Å². The third-order valence-electron chi connectivity index (χ3n) is 1.73. The van der Waals surface area contributed by atoms with Crippen LogP contribution in [0.4, 0.5) is 0 Å². The average Bonchev–Trinajstić information content (AvgIpc) is 2.28. The van der Waals surface area contributed by atoms with Crippen LogP contribution in [0.2, 0.25) is 0 Å². The van der Waals surface area contributed by atoms with E-state index in [2.05, 4.69) is 9.26 Å². The third kappa shape index (κ3) is 2.97. The number of phosphoric ester groups is 1. The Bertz CT molecular complexity index is 238. The van der Waals surface area contributed by atoms with Gasteiger partial charge in [0.25, 0.3) is 0 Å². The standard InChI is InChI=1S/C5H11O8P/c6-3-2(1-12-14(9,10)11)13-5(8)4(3)7/h2-8H,1H2,(H2,9,10,11)/p-2/t2-,3-,4-,5?/m1/s1/i1+1. The van der Waals surface area contributed by atoms with Gasteiger partial charge in [0.15, 0.2) is 6.29 Å². The zero-order chi connectivity index (χ0) is 10.9. The van der Waals surface area contributed by atoms with Crippen molar-refractivity contribution in [3.63, 3.8) is 0 Å². The summed E-state index contributed by atoms with van der Waals surface area (Å²) < 4.78 is 18.4. The Balaban J connectivity index is 2.44. The van der Waals surface area contributed by atoms with Gasteiger partial charge in [0.2, 0.25) is 0 Å². The number of phosphoric acid groups is 1. The van der Waals surface area contributed by atoms with Gasteiger partial charge in [-0.05, 0) is 0 Å². The Morgan fingerprint density at radius 1 is 1.29 bits per heavy atom. The van der Waals surface area contributed by atoms with Gasteiger partial charge in [-0.25, -0.2) is 0 Å². The lowest BCUT2D eigenvalue weighted by Gasteiger charge is -2.30. The van der Waals surface area contributed by atoms with Gasteiger partial charge in [0, 0.05) is 0 Å². The largest absolute Gasteiger partial charge is 0.790 e. The second-order valence-corrected chi connectivity index (χ2v) is 3.94. The zero-order valence-corrected chi connectivity index (χ0v) is 7.74. The Morgan fingerprint density at radius 3 is 2.21 bits per heavy atom. The predicted octanol–water partition coefficient (Wildman–Crippen LogP) is -3.73. The lowest BCUT2D eigenvalue weighted by atomic mass is 10.2. The van der Waals surface area contributed by atoms with Gasteiger partial charge in [-0.1, -0.05) is 0 Å². The molecule has 1 rings (SSSR count). The van der Waals surface area contributed by atoms with Crippen LogP contribution in [0, 0.1) is 0 Å². The van der Waals surface area contributed by atoms with E-state index in [-0.39, 0.29) is 0 Å². The second kappa shape index (κ2) is 4.21. The maximum absolute atomic E-state index is 10.0. The molecule has 1 aliphatic heterocycles. The molecule has 0 saturated carbocycles. The average molecular weight is 229 g/mol. The highest BCUT2D eigenvalue weighted by Gasteiger charge is 2.41. The fourth-order valence-electron chi connectivity index (χ4n) is 1.03. The summed E-state index contributed by atoms with van der Waals surface area (Å²) in [6.45, 7) is -0.737. The molecule has 0 aromatic heterocycles. The highest BCUT2D eigenvalue weighted by molar-refractivity contribution is 7.43. The van der Waals surface area contributed by atoms with Crippen LogP contribution >= 0.6 is 7.82 Å². The normalized spacial score (nSPS) is 38.9. The minimum Gasteiger partial charge on any atom is -0.790 e. The highest BCUT2D eigenvalue weighted by Crippen LogP contribution is 2.28. The first-order valence-electron chi connectivity index (χ1n) is 3.67. The van der Waals surface area contributed by atoms with Gasteiger partial charge < -0.3 is 38.9 Å². The van der Waals surface area contributed by atoms with Crippen LogP contribution < -0.4 is 9.79 Å². The number of ether oxygens (including phenoxy) is 1. The van der Waals surface area contributed by atoms with Crippen LogP contribution in [0.25, 0.3) is 0 Å². The SMILES string of the molecule is O=P([O-])([O-])O[13CH2][C@H]1OC(O)[C@H](O)[C@@H]1O. The molecule has 1 saturated heterocycles. The summed E-state index contributed by atoms with van der Waals surface area (Å²) in [6.07, 6.45) is -5.88. The molecule has 1 heterocycles. The molecule has 14 heavy (non-hydrogen) atoms. The molecule has 4 atom stereocenters. The number of hydrogen-bond acceptors (Lipinski definition) is 8. The maximum Gasteiger partial charge on any atom is 0.184 e. The van der Waals surface area contributed by atoms with Crippen molar-refractivity contribution < 1.29 is 38.9 Å². The Hall–Kier alpha value is -0.0500. The van der Waals surface area contributed by atoms with E-state index in [1.807, 2.05) is 0 Å². The first-order chi connectivity index (χ1) is 6.31. The molecule has 0 radical (unpaired) electrons. The number of aliphatic hydroxyl groups is 3. The smallest absolute Gasteiger partial charge is 0.184 e. The molecule has 0 aliphatic carbocycles. The van der Waals surface area contributed by atoms with Crippen molar-refractivity contribution in [3.05, 3.63) is 0 Å². The molecule has 0 aromatic rings. The summed E-state index contributed by atoms with van der Waals surface area (Å²) in [6, 6.07) is 0. The minimum atomic E-state index is -5.14. The van der Waals surface area contributed by atoms with Crippen molar-refractivity contribution in [3.8, 4) is 0 Å². The fraction of sp³-hybridized carbons (Fsp3) is 1.00. The van der Waals surface area contributed by atoms with Crippen molar-refractivity contribution >= 4 is 7.82 Å². The van der Waals surface area contributed by atoms with Gasteiger partial charge >= 0.3 is 0 Å². The predicted molar refractivity (Wildman–Crippen MR) is 36.5 cm³/mol. The van der Waals surface area contributed by atoms with Crippen LogP contribution in [0.1, 0.15) is 0 Å². The van der Waals surface area contributed by atoms with Crippen LogP contribution in [0.5, 0.6) is 0 Å². The van der Waals surface area contributed by atoms with E-state index in [1.165, 1.54) is 0 Å². The molecule has 1 fully saturated rings. The number of hydrogen-bond donors (Lipinski definition) is 3. The summed E-state index contributed by atoms with van der Waals surface area (Å²) >= 11 is 0. The van der Waals surface area contributed by atoms with Crippen LogP contribution in [0.3, 0.4) is 0 Å². The summed E-state index contributed by atoms with van der Waals surface area (Å²) in [4.78, 5) is 20.1. The van der Waals surface area contributed by atoms with Gasteiger partial charge in [0.05, 0.1) is 14.4 Å². The van der Waals surface area contributed by atoms with E-state index in [1.54, 1.807) is 0 Å². The van der Waals surface area contributed by atoms with Crippen molar-refractivity contribution in [2.75, 3.05) is 6.61 Å². The first-order valence-corrected chi connectivity index (χ1v) is 5.13. The molecule has 0 aromatic carbocycles. The van der Waals surface area contributed by atoms with Crippen LogP contribution in [0.15, 0.2) is 0 Å². The monoisotopic (exact) mass is 229 g/mol. The van der Waals surface area contributed by atoms with Gasteiger partial charge in [-0.15, -0.1) is 0 Å². The van der Waals surface area contributed by atoms with Crippen molar-refractivity contribution in [1.82, 2.24) is 0 Å². The van der Waals surface area contributed by atoms with Gasteiger partial charge in [0.1, 0.15) is 18.3 Å². The number of aliphatic hydroxyl groups excluding tert-OH is 3. The molecule has 8 nitrogen and oxygen atoms in total. The molecule has 0 spiro atoms. The molecule has 3 N–H and O–H groups in total. The Kier molecular flexibility index (Phi) is 3.62. The molecule has 84 valence electrons. The van der Waals surface area contributed by atoms with E-state index < -0.39 is 39.0 Å². The Labute approximate surface area is 78.9 Å². The minimum absolute atomic E-state index is 0.737. The quantitative estimate of drug-likeness (QED) is 0.331. The van der Waals surface area contributed by atoms with E-state index in [9.17, 15) is 14.4 Å². The van der Waals surface area contributed by atoms with Crippen molar-refractivity contribution in [1.29, 1.82) is 0 Å². The highest BCUT2D eigenvalue weighted by atomic mass is 31.2. The Morgan fingerprint density at radius 2 is 1.86 bits per heavy atom. The molecule has 0 bridgehead atoms. The lowest BCUT2D eigenvalue weighted by molar-refractivity contribution is -0.343. The van der Waals surface area contributed by atoms with E-state index in [4.69, 9.17) is 15.3 Å². The molecule has 1 aliphatic rings. The third-order valence-corrected chi connectivity index (χ3v) is 2.20. The topological polar surface area (TPSA) is 142 Å². The molecular formula is C5H9O8P-2. The van der Waals surface area contributed by atoms with Gasteiger partial charge in [-0.2, -0.15) is 0 Å². The van der Waals surface area contributed by atoms with Crippen LogP contribution in [-0.2, 0) is 13.8 Å². The van der Waals surface area contributed by atoms with Gasteiger partial charge in [-0.3, -0.25) is 0 Å². The summed E-state index contributed by atoms with van der Waals surface area (Å²) in [5.41, 5.74) is 0. The zero-order valence-electron chi connectivity index (χ0n) is 6.85. The second-order valence-electron chi connectivity index (χ2n) is 2.79. The fourth-order valence-corrected chi connectivity index (χ4v) is 1.36. The lowest BCUT2D eigenvalue weighted by Crippen LogP contribution is -2.35. The first kappa shape index (κ1) is 12.0. The van der Waals surface area contributed by atoms with E-state index >= 15 is 0 Å². The van der Waals surface area contributed by atoms with E-state index in [0.29, 0.717) is 0 Å². The maximum atomic E-state index is 10.0. The molecule has 1 unspecified atom stereocenters. The molecule has 9 heteroatoms.